The van der Waals surface area contributed by atoms with Crippen molar-refractivity contribution in [2.45, 2.75) is 13.2 Å². The highest BCUT2D eigenvalue weighted by Gasteiger charge is 2.19. The molecule has 0 spiro atoms. The lowest BCUT2D eigenvalue weighted by atomic mass is 10.2. The Morgan fingerprint density at radius 2 is 2.07 bits per heavy atom. The first-order chi connectivity index (χ1) is 6.79. The first kappa shape index (κ1) is 8.81. The maximum Gasteiger partial charge on any atom is 0.238 e. The number of ether oxygens (including phenoxy) is 2. The van der Waals surface area contributed by atoms with Gasteiger partial charge in [0.15, 0.2) is 11.5 Å². The van der Waals surface area contributed by atoms with E-state index in [0.29, 0.717) is 0 Å². The fourth-order valence-electron chi connectivity index (χ4n) is 1.35. The molecule has 72 valence electrons. The molecule has 1 aliphatic heterocycles. The summed E-state index contributed by atoms with van der Waals surface area (Å²) < 4.78 is 10.7. The van der Waals surface area contributed by atoms with E-state index in [1.54, 1.807) is 6.08 Å². The van der Waals surface area contributed by atoms with Crippen molar-refractivity contribution in [2.24, 2.45) is 0 Å². The van der Waals surface area contributed by atoms with Gasteiger partial charge in [0.2, 0.25) is 6.29 Å². The van der Waals surface area contributed by atoms with Crippen molar-refractivity contribution in [1.82, 2.24) is 0 Å². The van der Waals surface area contributed by atoms with Crippen molar-refractivity contribution >= 4 is 12.4 Å². The van der Waals surface area contributed by atoms with Gasteiger partial charge in [-0.15, -0.1) is 0 Å². The molecule has 0 bridgehead atoms. The van der Waals surface area contributed by atoms with Gasteiger partial charge in [-0.05, 0) is 23.8 Å². The molecule has 1 aromatic rings. The standard InChI is InChI=1S/C11H10O3/c1-8-13-10-5-4-9(3-2-6-12)7-11(10)14-8/h2-8H,1H3/b3-2+. The molecule has 0 fully saturated rings. The number of benzene rings is 1. The van der Waals surface area contributed by atoms with Gasteiger partial charge in [0, 0.05) is 6.92 Å². The van der Waals surface area contributed by atoms with Gasteiger partial charge < -0.3 is 9.47 Å². The van der Waals surface area contributed by atoms with Crippen LogP contribution in [-0.2, 0) is 4.79 Å². The predicted octanol–water partition coefficient (Wildman–Crippen LogP) is 2.02. The van der Waals surface area contributed by atoms with Gasteiger partial charge in [-0.25, -0.2) is 0 Å². The zero-order valence-electron chi connectivity index (χ0n) is 7.77. The summed E-state index contributed by atoms with van der Waals surface area (Å²) in [7, 11) is 0. The van der Waals surface area contributed by atoms with Crippen molar-refractivity contribution < 1.29 is 14.3 Å². The van der Waals surface area contributed by atoms with Crippen molar-refractivity contribution in [1.29, 1.82) is 0 Å². The molecule has 14 heavy (non-hydrogen) atoms. The van der Waals surface area contributed by atoms with Gasteiger partial charge in [0.25, 0.3) is 0 Å². The maximum absolute atomic E-state index is 10.1. The minimum absolute atomic E-state index is 0.227. The van der Waals surface area contributed by atoms with Crippen molar-refractivity contribution in [3.05, 3.63) is 29.8 Å². The Morgan fingerprint density at radius 3 is 2.86 bits per heavy atom. The minimum atomic E-state index is -0.227. The van der Waals surface area contributed by atoms with E-state index >= 15 is 0 Å². The molecule has 0 aliphatic carbocycles. The number of carbonyl (C=O) groups excluding carboxylic acids is 1. The summed E-state index contributed by atoms with van der Waals surface area (Å²) in [6.45, 7) is 1.83. The van der Waals surface area contributed by atoms with Gasteiger partial charge in [-0.2, -0.15) is 0 Å². The summed E-state index contributed by atoms with van der Waals surface area (Å²) in [5, 5.41) is 0. The van der Waals surface area contributed by atoms with E-state index in [4.69, 9.17) is 9.47 Å². The highest BCUT2D eigenvalue weighted by molar-refractivity contribution is 5.74. The fourth-order valence-corrected chi connectivity index (χ4v) is 1.35. The Morgan fingerprint density at radius 1 is 1.29 bits per heavy atom. The quantitative estimate of drug-likeness (QED) is 0.528. The molecule has 3 nitrogen and oxygen atoms in total. The van der Waals surface area contributed by atoms with Crippen LogP contribution >= 0.6 is 0 Å². The van der Waals surface area contributed by atoms with Crippen LogP contribution in [0, 0.1) is 0 Å². The van der Waals surface area contributed by atoms with E-state index in [-0.39, 0.29) is 6.29 Å². The number of hydrogen-bond acceptors (Lipinski definition) is 3. The first-order valence-electron chi connectivity index (χ1n) is 4.39. The van der Waals surface area contributed by atoms with Gasteiger partial charge in [0.05, 0.1) is 0 Å². The molecular formula is C11H10O3. The lowest BCUT2D eigenvalue weighted by molar-refractivity contribution is -0.104. The Kier molecular flexibility index (Phi) is 2.23. The smallest absolute Gasteiger partial charge is 0.238 e. The van der Waals surface area contributed by atoms with Crippen molar-refractivity contribution in [3.8, 4) is 11.5 Å². The summed E-state index contributed by atoms with van der Waals surface area (Å²) in [6, 6.07) is 5.56. The molecule has 0 N–H and O–H groups in total. The highest BCUT2D eigenvalue weighted by Crippen LogP contribution is 2.35. The third-order valence-corrected chi connectivity index (χ3v) is 1.92. The van der Waals surface area contributed by atoms with Gasteiger partial charge >= 0.3 is 0 Å². The second-order valence-corrected chi connectivity index (χ2v) is 3.00. The Labute approximate surface area is 81.9 Å². The largest absolute Gasteiger partial charge is 0.451 e. The predicted molar refractivity (Wildman–Crippen MR) is 52.3 cm³/mol. The molecule has 0 aromatic heterocycles. The van der Waals surface area contributed by atoms with Crippen molar-refractivity contribution in [3.63, 3.8) is 0 Å². The van der Waals surface area contributed by atoms with E-state index in [0.717, 1.165) is 23.3 Å². The van der Waals surface area contributed by atoms with Crippen LogP contribution in [0.25, 0.3) is 6.08 Å². The number of rotatable bonds is 2. The highest BCUT2D eigenvalue weighted by atomic mass is 16.7. The van der Waals surface area contributed by atoms with Crippen LogP contribution in [0.5, 0.6) is 11.5 Å². The summed E-state index contributed by atoms with van der Waals surface area (Å²) in [5.74, 6) is 1.48. The molecule has 0 radical (unpaired) electrons. The second kappa shape index (κ2) is 3.54. The maximum atomic E-state index is 10.1. The average molecular weight is 190 g/mol. The zero-order chi connectivity index (χ0) is 9.97. The molecule has 3 heteroatoms. The van der Waals surface area contributed by atoms with Crippen LogP contribution in [-0.4, -0.2) is 12.6 Å². The number of fused-ring (bicyclic) bond motifs is 1. The minimum Gasteiger partial charge on any atom is -0.451 e. The van der Waals surface area contributed by atoms with E-state index in [1.165, 1.54) is 6.08 Å². The summed E-state index contributed by atoms with van der Waals surface area (Å²) in [4.78, 5) is 10.1. The SMILES string of the molecule is CC1Oc2ccc(/C=C/C=O)cc2O1. The Hall–Kier alpha value is -1.77. The van der Waals surface area contributed by atoms with Crippen LogP contribution in [0.4, 0.5) is 0 Å². The number of carbonyl (C=O) groups is 1. The monoisotopic (exact) mass is 190 g/mol. The van der Waals surface area contributed by atoms with Gasteiger partial charge in [-0.3, -0.25) is 4.79 Å². The lowest BCUT2D eigenvalue weighted by Gasteiger charge is -1.99. The number of allylic oxidation sites excluding steroid dienone is 1. The zero-order valence-corrected chi connectivity index (χ0v) is 7.77. The Balaban J connectivity index is 2.28. The Bertz CT molecular complexity index is 382. The molecule has 1 aromatic carbocycles. The second-order valence-electron chi connectivity index (χ2n) is 3.00. The molecule has 2 rings (SSSR count). The third-order valence-electron chi connectivity index (χ3n) is 1.92. The van der Waals surface area contributed by atoms with E-state index in [2.05, 4.69) is 0 Å². The topological polar surface area (TPSA) is 35.5 Å². The summed E-state index contributed by atoms with van der Waals surface area (Å²) in [5.41, 5.74) is 0.925. The average Bonchev–Trinajstić information content (AvgIpc) is 2.54. The summed E-state index contributed by atoms with van der Waals surface area (Å²) >= 11 is 0. The van der Waals surface area contributed by atoms with Crippen LogP contribution in [0.1, 0.15) is 12.5 Å². The van der Waals surface area contributed by atoms with Crippen LogP contribution in [0.3, 0.4) is 0 Å². The number of hydrogen-bond donors (Lipinski definition) is 0. The van der Waals surface area contributed by atoms with Crippen LogP contribution in [0.2, 0.25) is 0 Å². The van der Waals surface area contributed by atoms with Crippen LogP contribution in [0.15, 0.2) is 24.3 Å². The van der Waals surface area contributed by atoms with Crippen molar-refractivity contribution in [2.75, 3.05) is 0 Å². The summed E-state index contributed by atoms with van der Waals surface area (Å²) in [6.07, 6.45) is 3.68. The molecule has 1 atom stereocenters. The van der Waals surface area contributed by atoms with E-state index in [1.807, 2.05) is 25.1 Å². The van der Waals surface area contributed by atoms with Crippen LogP contribution < -0.4 is 9.47 Å². The molecular weight excluding hydrogens is 180 g/mol. The lowest BCUT2D eigenvalue weighted by Crippen LogP contribution is -2.11. The van der Waals surface area contributed by atoms with Gasteiger partial charge in [-0.1, -0.05) is 12.1 Å². The molecule has 0 amide bonds. The normalized spacial score (nSPS) is 18.8. The van der Waals surface area contributed by atoms with E-state index in [9.17, 15) is 4.79 Å². The fraction of sp³-hybridized carbons (Fsp3) is 0.182. The number of aldehydes is 1. The molecule has 1 aliphatic rings. The van der Waals surface area contributed by atoms with E-state index < -0.39 is 0 Å². The molecule has 0 saturated carbocycles. The molecule has 0 saturated heterocycles. The molecule has 1 heterocycles. The van der Waals surface area contributed by atoms with Gasteiger partial charge in [0.1, 0.15) is 6.29 Å². The first-order valence-corrected chi connectivity index (χ1v) is 4.39. The molecule has 1 unspecified atom stereocenters. The third kappa shape index (κ3) is 1.62.